The summed E-state index contributed by atoms with van der Waals surface area (Å²) in [6.07, 6.45) is -0.824. The minimum atomic E-state index is -4.80. The highest BCUT2D eigenvalue weighted by Gasteiger charge is 2.40. The van der Waals surface area contributed by atoms with E-state index in [1.165, 1.54) is 6.07 Å². The van der Waals surface area contributed by atoms with Crippen LogP contribution in [0.15, 0.2) is 29.2 Å². The van der Waals surface area contributed by atoms with Crippen LogP contribution in [0, 0.1) is 5.92 Å². The first kappa shape index (κ1) is 25.5. The quantitative estimate of drug-likeness (QED) is 0.571. The number of halogens is 3. The smallest absolute Gasteiger partial charge is 0.417 e. The van der Waals surface area contributed by atoms with Gasteiger partial charge >= 0.3 is 12.1 Å². The number of hydrogen-bond donors (Lipinski definition) is 0. The number of piperidine rings is 2. The second kappa shape index (κ2) is 10.4. The molecule has 3 rings (SSSR count). The number of likely N-dealkylation sites (tertiary alicyclic amines) is 1. The van der Waals surface area contributed by atoms with Gasteiger partial charge in [0.1, 0.15) is 0 Å². The third-order valence-corrected chi connectivity index (χ3v) is 8.31. The minimum Gasteiger partial charge on any atom is -0.455 e. The Hall–Kier alpha value is -2.14. The Morgan fingerprint density at radius 1 is 1.06 bits per heavy atom. The van der Waals surface area contributed by atoms with Gasteiger partial charge in [0.05, 0.1) is 16.4 Å². The van der Waals surface area contributed by atoms with Crippen LogP contribution in [0.3, 0.4) is 0 Å². The van der Waals surface area contributed by atoms with Crippen molar-refractivity contribution in [2.45, 2.75) is 62.6 Å². The second-order valence-corrected chi connectivity index (χ2v) is 10.3. The molecule has 0 radical (unpaired) electrons. The van der Waals surface area contributed by atoms with E-state index in [1.807, 2.05) is 6.92 Å². The van der Waals surface area contributed by atoms with Gasteiger partial charge in [0, 0.05) is 25.7 Å². The number of hydrogen-bond acceptors (Lipinski definition) is 5. The number of ether oxygens (including phenoxy) is 1. The maximum absolute atomic E-state index is 13.3. The van der Waals surface area contributed by atoms with Gasteiger partial charge < -0.3 is 9.64 Å². The van der Waals surface area contributed by atoms with Crippen molar-refractivity contribution in [2.75, 3.05) is 26.2 Å². The predicted octanol–water partition coefficient (Wildman–Crippen LogP) is 3.44. The summed E-state index contributed by atoms with van der Waals surface area (Å²) in [4.78, 5) is 25.9. The van der Waals surface area contributed by atoms with Crippen LogP contribution in [0.25, 0.3) is 0 Å². The number of alkyl halides is 3. The molecule has 33 heavy (non-hydrogen) atoms. The molecule has 1 unspecified atom stereocenters. The molecule has 7 nitrogen and oxygen atoms in total. The first-order valence-electron chi connectivity index (χ1n) is 11.2. The topological polar surface area (TPSA) is 84.0 Å². The SMILES string of the molecule is CCC1CCCCN1C(=O)COC(=O)C1CCN(S(=O)(=O)c2ccccc2C(F)(F)F)CC1. The zero-order valence-corrected chi connectivity index (χ0v) is 19.3. The lowest BCUT2D eigenvalue weighted by atomic mass is 9.98. The van der Waals surface area contributed by atoms with Gasteiger partial charge in [-0.1, -0.05) is 19.1 Å². The lowest BCUT2D eigenvalue weighted by molar-refractivity contribution is -0.157. The van der Waals surface area contributed by atoms with Crippen LogP contribution in [0.4, 0.5) is 13.2 Å². The van der Waals surface area contributed by atoms with Crippen LogP contribution in [-0.4, -0.2) is 61.8 Å². The summed E-state index contributed by atoms with van der Waals surface area (Å²) in [6.45, 7) is 2.09. The summed E-state index contributed by atoms with van der Waals surface area (Å²) < 4.78 is 71.7. The van der Waals surface area contributed by atoms with Crippen LogP contribution < -0.4 is 0 Å². The fourth-order valence-corrected chi connectivity index (χ4v) is 6.17. The zero-order valence-electron chi connectivity index (χ0n) is 18.5. The van der Waals surface area contributed by atoms with E-state index in [9.17, 15) is 31.2 Å². The number of carbonyl (C=O) groups is 2. The number of rotatable bonds is 6. The molecule has 1 aromatic carbocycles. The third kappa shape index (κ3) is 5.87. The predicted molar refractivity (Wildman–Crippen MR) is 114 cm³/mol. The number of carbonyl (C=O) groups excluding carboxylic acids is 2. The van der Waals surface area contributed by atoms with Crippen molar-refractivity contribution in [3.05, 3.63) is 29.8 Å². The highest BCUT2D eigenvalue weighted by atomic mass is 32.2. The Morgan fingerprint density at radius 2 is 1.73 bits per heavy atom. The molecule has 0 bridgehead atoms. The van der Waals surface area contributed by atoms with Crippen LogP contribution in [0.5, 0.6) is 0 Å². The number of benzene rings is 1. The molecular weight excluding hydrogens is 461 g/mol. The van der Waals surface area contributed by atoms with Crippen LogP contribution in [-0.2, 0) is 30.5 Å². The minimum absolute atomic E-state index is 0.105. The summed E-state index contributed by atoms with van der Waals surface area (Å²) in [5.41, 5.74) is -1.21. The average molecular weight is 491 g/mol. The Kier molecular flexibility index (Phi) is 8.04. The van der Waals surface area contributed by atoms with Crippen molar-refractivity contribution in [1.82, 2.24) is 9.21 Å². The van der Waals surface area contributed by atoms with Crippen molar-refractivity contribution in [2.24, 2.45) is 5.92 Å². The van der Waals surface area contributed by atoms with Gasteiger partial charge in [0.15, 0.2) is 6.61 Å². The summed E-state index contributed by atoms with van der Waals surface area (Å²) in [5, 5.41) is 0. The number of nitrogens with zero attached hydrogens (tertiary/aromatic N) is 2. The van der Waals surface area contributed by atoms with E-state index in [1.54, 1.807) is 4.90 Å². The molecule has 2 saturated heterocycles. The zero-order chi connectivity index (χ0) is 24.2. The lowest BCUT2D eigenvalue weighted by Crippen LogP contribution is -2.46. The van der Waals surface area contributed by atoms with E-state index >= 15 is 0 Å². The molecule has 2 aliphatic rings. The van der Waals surface area contributed by atoms with Gasteiger partial charge in [-0.3, -0.25) is 9.59 Å². The molecular formula is C22H29F3N2O5S. The molecule has 1 atom stereocenters. The lowest BCUT2D eigenvalue weighted by Gasteiger charge is -2.35. The van der Waals surface area contributed by atoms with Gasteiger partial charge in [-0.15, -0.1) is 0 Å². The standard InChI is InChI=1S/C22H29F3N2O5S/c1-2-17-7-5-6-12-27(17)20(28)15-32-21(29)16-10-13-26(14-11-16)33(30,31)19-9-4-3-8-18(19)22(23,24)25/h3-4,8-9,16-17H,2,5-7,10-15H2,1H3. The third-order valence-electron chi connectivity index (χ3n) is 6.35. The van der Waals surface area contributed by atoms with Crippen molar-refractivity contribution in [1.29, 1.82) is 0 Å². The van der Waals surface area contributed by atoms with Gasteiger partial charge in [-0.25, -0.2) is 8.42 Å². The summed E-state index contributed by atoms with van der Waals surface area (Å²) in [7, 11) is -4.37. The molecule has 0 saturated carbocycles. The highest BCUT2D eigenvalue weighted by molar-refractivity contribution is 7.89. The molecule has 0 spiro atoms. The van der Waals surface area contributed by atoms with Crippen molar-refractivity contribution < 1.29 is 35.9 Å². The molecule has 184 valence electrons. The number of esters is 1. The maximum Gasteiger partial charge on any atom is 0.417 e. The second-order valence-electron chi connectivity index (χ2n) is 8.42. The first-order chi connectivity index (χ1) is 15.6. The number of sulfonamides is 1. The monoisotopic (exact) mass is 490 g/mol. The average Bonchev–Trinajstić information content (AvgIpc) is 2.81. The summed E-state index contributed by atoms with van der Waals surface area (Å²) in [6, 6.07) is 4.21. The molecule has 0 aliphatic carbocycles. The Balaban J connectivity index is 1.56. The molecule has 1 amide bonds. The Bertz CT molecular complexity index is 959. The fourth-order valence-electron chi connectivity index (χ4n) is 4.48. The van der Waals surface area contributed by atoms with E-state index in [4.69, 9.17) is 4.74 Å². The van der Waals surface area contributed by atoms with Gasteiger partial charge in [-0.05, 0) is 50.7 Å². The molecule has 0 N–H and O–H groups in total. The Labute approximate surface area is 191 Å². The van der Waals surface area contributed by atoms with Gasteiger partial charge in [-0.2, -0.15) is 17.5 Å². The molecule has 11 heteroatoms. The van der Waals surface area contributed by atoms with Gasteiger partial charge in [0.25, 0.3) is 5.91 Å². The largest absolute Gasteiger partial charge is 0.455 e. The number of amides is 1. The van der Waals surface area contributed by atoms with Gasteiger partial charge in [0.2, 0.25) is 10.0 Å². The fraction of sp³-hybridized carbons (Fsp3) is 0.636. The van der Waals surface area contributed by atoms with Crippen LogP contribution >= 0.6 is 0 Å². The van der Waals surface area contributed by atoms with Crippen molar-refractivity contribution in [3.8, 4) is 0 Å². The highest BCUT2D eigenvalue weighted by Crippen LogP contribution is 2.36. The van der Waals surface area contributed by atoms with E-state index in [2.05, 4.69) is 0 Å². The molecule has 0 aromatic heterocycles. The van der Waals surface area contributed by atoms with E-state index in [0.717, 1.165) is 48.2 Å². The molecule has 2 fully saturated rings. The van der Waals surface area contributed by atoms with E-state index in [-0.39, 0.29) is 44.5 Å². The molecule has 1 aromatic rings. The van der Waals surface area contributed by atoms with E-state index < -0.39 is 38.5 Å². The molecule has 2 aliphatic heterocycles. The maximum atomic E-state index is 13.3. The Morgan fingerprint density at radius 3 is 2.36 bits per heavy atom. The van der Waals surface area contributed by atoms with Crippen LogP contribution in [0.1, 0.15) is 51.0 Å². The van der Waals surface area contributed by atoms with Crippen molar-refractivity contribution in [3.63, 3.8) is 0 Å². The summed E-state index contributed by atoms with van der Waals surface area (Å²) in [5.74, 6) is -1.43. The molecule has 2 heterocycles. The van der Waals surface area contributed by atoms with Crippen molar-refractivity contribution >= 4 is 21.9 Å². The first-order valence-corrected chi connectivity index (χ1v) is 12.6. The normalized spacial score (nSPS) is 21.1. The van der Waals surface area contributed by atoms with Crippen LogP contribution in [0.2, 0.25) is 0 Å². The summed E-state index contributed by atoms with van der Waals surface area (Å²) >= 11 is 0. The van der Waals surface area contributed by atoms with E-state index in [0.29, 0.717) is 6.54 Å².